The molecule has 0 radical (unpaired) electrons. The first-order valence-electron chi connectivity index (χ1n) is 17.2. The largest absolute Gasteiger partial charge is 0.456 e. The molecule has 8 aromatic carbocycles. The molecule has 0 saturated heterocycles. The van der Waals surface area contributed by atoms with E-state index in [0.29, 0.717) is 17.5 Å². The highest BCUT2D eigenvalue weighted by atomic mass is 16.3. The van der Waals surface area contributed by atoms with E-state index in [1.54, 1.807) is 0 Å². The predicted molar refractivity (Wildman–Crippen MR) is 208 cm³/mol. The molecule has 0 unspecified atom stereocenters. The predicted octanol–water partition coefficient (Wildman–Crippen LogP) is 12.4. The molecule has 0 amide bonds. The van der Waals surface area contributed by atoms with E-state index in [9.17, 15) is 0 Å². The summed E-state index contributed by atoms with van der Waals surface area (Å²) in [5, 5.41) is 6.86. The Morgan fingerprint density at radius 3 is 1.78 bits per heavy atom. The summed E-state index contributed by atoms with van der Waals surface area (Å²) >= 11 is 0. The molecule has 0 saturated carbocycles. The van der Waals surface area contributed by atoms with Crippen LogP contribution in [0.25, 0.3) is 111 Å². The first-order chi connectivity index (χ1) is 25.3. The lowest BCUT2D eigenvalue weighted by molar-refractivity contribution is 0.669. The number of fused-ring (bicyclic) bond motifs is 7. The number of benzene rings is 8. The maximum absolute atomic E-state index is 6.28. The third kappa shape index (κ3) is 4.30. The summed E-state index contributed by atoms with van der Waals surface area (Å²) in [6, 6.07) is 57.4. The smallest absolute Gasteiger partial charge is 0.164 e. The highest BCUT2D eigenvalue weighted by molar-refractivity contribution is 6.17. The standard InChI is InChI=1S/C47H27N3O/c1-2-12-29-25-31(24-23-28(29)11-1)45-48-46(50-47(49-45)39-20-10-22-42-44(39)38-18-7-8-21-41(38)51-42)37-17-6-3-14-33(37)32-26-30-13-9-19-36-34-15-4-5-16-35(34)40(27-32)43(30)36/h1-27H. The van der Waals surface area contributed by atoms with E-state index in [2.05, 4.69) is 133 Å². The van der Waals surface area contributed by atoms with E-state index in [1.807, 2.05) is 30.3 Å². The molecule has 10 aromatic rings. The Balaban J connectivity index is 1.16. The van der Waals surface area contributed by atoms with E-state index in [0.717, 1.165) is 55.1 Å². The zero-order chi connectivity index (χ0) is 33.5. The second-order valence-corrected chi connectivity index (χ2v) is 13.2. The van der Waals surface area contributed by atoms with E-state index >= 15 is 0 Å². The average Bonchev–Trinajstić information content (AvgIpc) is 3.74. The van der Waals surface area contributed by atoms with Crippen molar-refractivity contribution in [1.29, 1.82) is 0 Å². The first-order valence-corrected chi connectivity index (χ1v) is 17.2. The van der Waals surface area contributed by atoms with Crippen molar-refractivity contribution in [2.24, 2.45) is 0 Å². The summed E-state index contributed by atoms with van der Waals surface area (Å²) in [7, 11) is 0. The minimum absolute atomic E-state index is 0.603. The SMILES string of the molecule is c1ccc(-c2nc(-c3ccc4ccccc4c3)nc(-c3cccc4oc5ccccc5c34)n2)c(-c2cc3c4c(cccc4c2)-c2ccccc2-3)c1. The fourth-order valence-corrected chi connectivity index (χ4v) is 7.94. The van der Waals surface area contributed by atoms with Crippen LogP contribution in [0.15, 0.2) is 168 Å². The Morgan fingerprint density at radius 2 is 0.902 bits per heavy atom. The summed E-state index contributed by atoms with van der Waals surface area (Å²) in [5.41, 5.74) is 11.7. The molecule has 0 bridgehead atoms. The van der Waals surface area contributed by atoms with Crippen LogP contribution < -0.4 is 0 Å². The lowest BCUT2D eigenvalue weighted by Crippen LogP contribution is -2.01. The van der Waals surface area contributed by atoms with Crippen LogP contribution in [0.1, 0.15) is 0 Å². The number of hydrogen-bond acceptors (Lipinski definition) is 4. The topological polar surface area (TPSA) is 51.8 Å². The van der Waals surface area contributed by atoms with Crippen LogP contribution in [-0.4, -0.2) is 15.0 Å². The van der Waals surface area contributed by atoms with Crippen LogP contribution in [0, 0.1) is 0 Å². The highest BCUT2D eigenvalue weighted by Gasteiger charge is 2.23. The summed E-state index contributed by atoms with van der Waals surface area (Å²) in [5.74, 6) is 1.84. The molecule has 1 aliphatic carbocycles. The van der Waals surface area contributed by atoms with Gasteiger partial charge in [-0.05, 0) is 85.3 Å². The number of aromatic nitrogens is 3. The molecule has 236 valence electrons. The molecular weight excluding hydrogens is 623 g/mol. The number of para-hydroxylation sites is 1. The molecule has 4 heteroatoms. The van der Waals surface area contributed by atoms with Gasteiger partial charge in [-0.2, -0.15) is 0 Å². The molecule has 2 heterocycles. The van der Waals surface area contributed by atoms with E-state index in [4.69, 9.17) is 19.4 Å². The summed E-state index contributed by atoms with van der Waals surface area (Å²) in [6.07, 6.45) is 0. The van der Waals surface area contributed by atoms with Gasteiger partial charge in [-0.3, -0.25) is 0 Å². The average molecular weight is 650 g/mol. The van der Waals surface area contributed by atoms with Crippen molar-refractivity contribution in [2.45, 2.75) is 0 Å². The molecule has 11 rings (SSSR count). The van der Waals surface area contributed by atoms with Crippen molar-refractivity contribution in [3.8, 4) is 67.5 Å². The monoisotopic (exact) mass is 649 g/mol. The van der Waals surface area contributed by atoms with E-state index in [-0.39, 0.29) is 0 Å². The van der Waals surface area contributed by atoms with Crippen LogP contribution in [0.2, 0.25) is 0 Å². The van der Waals surface area contributed by atoms with Crippen LogP contribution in [-0.2, 0) is 0 Å². The Hall–Kier alpha value is -6.91. The molecule has 0 fully saturated rings. The number of hydrogen-bond donors (Lipinski definition) is 0. The Bertz CT molecular complexity index is 3050. The van der Waals surface area contributed by atoms with Gasteiger partial charge in [-0.15, -0.1) is 0 Å². The van der Waals surface area contributed by atoms with Gasteiger partial charge in [0.05, 0.1) is 0 Å². The molecule has 0 aliphatic heterocycles. The van der Waals surface area contributed by atoms with Gasteiger partial charge < -0.3 is 4.42 Å². The molecule has 4 nitrogen and oxygen atoms in total. The van der Waals surface area contributed by atoms with Gasteiger partial charge >= 0.3 is 0 Å². The van der Waals surface area contributed by atoms with Crippen LogP contribution >= 0.6 is 0 Å². The van der Waals surface area contributed by atoms with Crippen molar-refractivity contribution in [1.82, 2.24) is 15.0 Å². The minimum atomic E-state index is 0.603. The number of rotatable bonds is 4. The van der Waals surface area contributed by atoms with Gasteiger partial charge in [-0.25, -0.2) is 15.0 Å². The summed E-state index contributed by atoms with van der Waals surface area (Å²) < 4.78 is 6.28. The van der Waals surface area contributed by atoms with E-state index in [1.165, 1.54) is 38.4 Å². The molecule has 2 aromatic heterocycles. The number of nitrogens with zero attached hydrogens (tertiary/aromatic N) is 3. The Kier molecular flexibility index (Phi) is 5.92. The molecule has 1 aliphatic rings. The molecule has 0 atom stereocenters. The zero-order valence-corrected chi connectivity index (χ0v) is 27.3. The lowest BCUT2D eigenvalue weighted by atomic mass is 9.93. The fraction of sp³-hybridized carbons (Fsp3) is 0. The van der Waals surface area contributed by atoms with Crippen molar-refractivity contribution in [2.75, 3.05) is 0 Å². The summed E-state index contributed by atoms with van der Waals surface area (Å²) in [6.45, 7) is 0. The third-order valence-corrected chi connectivity index (χ3v) is 10.2. The van der Waals surface area contributed by atoms with Crippen LogP contribution in [0.4, 0.5) is 0 Å². The van der Waals surface area contributed by atoms with Crippen molar-refractivity contribution in [3.05, 3.63) is 164 Å². The minimum Gasteiger partial charge on any atom is -0.456 e. The van der Waals surface area contributed by atoms with Gasteiger partial charge in [0.15, 0.2) is 17.5 Å². The fourth-order valence-electron chi connectivity index (χ4n) is 7.94. The molecule has 51 heavy (non-hydrogen) atoms. The maximum Gasteiger partial charge on any atom is 0.164 e. The van der Waals surface area contributed by atoms with Crippen molar-refractivity contribution < 1.29 is 4.42 Å². The van der Waals surface area contributed by atoms with E-state index < -0.39 is 0 Å². The quantitative estimate of drug-likeness (QED) is 0.190. The normalized spacial score (nSPS) is 11.9. The molecular formula is C47H27N3O. The third-order valence-electron chi connectivity index (χ3n) is 10.2. The first kappa shape index (κ1) is 28.0. The highest BCUT2D eigenvalue weighted by Crippen LogP contribution is 2.49. The van der Waals surface area contributed by atoms with Crippen LogP contribution in [0.5, 0.6) is 0 Å². The Labute approximate surface area is 293 Å². The molecule has 0 spiro atoms. The van der Waals surface area contributed by atoms with Crippen LogP contribution in [0.3, 0.4) is 0 Å². The number of furan rings is 1. The second-order valence-electron chi connectivity index (χ2n) is 13.2. The molecule has 0 N–H and O–H groups in total. The maximum atomic E-state index is 6.28. The van der Waals surface area contributed by atoms with Crippen molar-refractivity contribution in [3.63, 3.8) is 0 Å². The van der Waals surface area contributed by atoms with Gasteiger partial charge in [0.25, 0.3) is 0 Å². The zero-order valence-electron chi connectivity index (χ0n) is 27.3. The van der Waals surface area contributed by atoms with Gasteiger partial charge in [0.1, 0.15) is 11.2 Å². The van der Waals surface area contributed by atoms with Gasteiger partial charge in [0, 0.05) is 27.5 Å². The second kappa shape index (κ2) is 10.8. The van der Waals surface area contributed by atoms with Gasteiger partial charge in [-0.1, -0.05) is 133 Å². The lowest BCUT2D eigenvalue weighted by Gasteiger charge is -2.14. The summed E-state index contributed by atoms with van der Waals surface area (Å²) in [4.78, 5) is 15.7. The van der Waals surface area contributed by atoms with Crippen molar-refractivity contribution >= 4 is 43.5 Å². The van der Waals surface area contributed by atoms with Gasteiger partial charge in [0.2, 0.25) is 0 Å². The Morgan fingerprint density at radius 1 is 0.314 bits per heavy atom.